The summed E-state index contributed by atoms with van der Waals surface area (Å²) in [6.07, 6.45) is 0.0135. The number of amides is 3. The van der Waals surface area contributed by atoms with Crippen molar-refractivity contribution in [3.05, 3.63) is 60.7 Å². The standard InChI is InChI=1S/C20H17N3O3/c1-13-18(20(26)23(21-13)15-10-6-3-7-11-15)16-12-17(24)22(19(16)25)14-8-4-2-5-9-14/h2-11,16,18H,12H2,1H3/t16-,18+/m1/s1. The van der Waals surface area contributed by atoms with Crippen molar-refractivity contribution in [2.75, 3.05) is 9.91 Å². The first-order chi connectivity index (χ1) is 12.6. The number of hydrogen-bond donors (Lipinski definition) is 0. The number of benzene rings is 2. The average molecular weight is 347 g/mol. The van der Waals surface area contributed by atoms with Crippen molar-refractivity contribution in [3.8, 4) is 0 Å². The van der Waals surface area contributed by atoms with Crippen molar-refractivity contribution >= 4 is 34.8 Å². The van der Waals surface area contributed by atoms with Crippen LogP contribution < -0.4 is 9.91 Å². The van der Waals surface area contributed by atoms with Gasteiger partial charge in [0.2, 0.25) is 11.8 Å². The molecule has 1 saturated heterocycles. The lowest BCUT2D eigenvalue weighted by Crippen LogP contribution is -2.37. The second-order valence-electron chi connectivity index (χ2n) is 6.42. The highest BCUT2D eigenvalue weighted by Gasteiger charge is 2.50. The molecule has 0 saturated carbocycles. The summed E-state index contributed by atoms with van der Waals surface area (Å²) >= 11 is 0. The monoisotopic (exact) mass is 347 g/mol. The number of rotatable bonds is 3. The Morgan fingerprint density at radius 3 is 2.04 bits per heavy atom. The van der Waals surface area contributed by atoms with Gasteiger partial charge in [-0.05, 0) is 31.2 Å². The minimum Gasteiger partial charge on any atom is -0.274 e. The van der Waals surface area contributed by atoms with E-state index < -0.39 is 11.8 Å². The van der Waals surface area contributed by atoms with Crippen LogP contribution in [0.1, 0.15) is 13.3 Å². The third-order valence-corrected chi connectivity index (χ3v) is 4.78. The predicted molar refractivity (Wildman–Crippen MR) is 97.6 cm³/mol. The first-order valence-corrected chi connectivity index (χ1v) is 8.44. The molecule has 2 aliphatic heterocycles. The van der Waals surface area contributed by atoms with Crippen molar-refractivity contribution in [1.29, 1.82) is 0 Å². The van der Waals surface area contributed by atoms with Gasteiger partial charge in [0, 0.05) is 12.1 Å². The summed E-state index contributed by atoms with van der Waals surface area (Å²) in [6.45, 7) is 1.73. The van der Waals surface area contributed by atoms with Gasteiger partial charge in [-0.1, -0.05) is 36.4 Å². The van der Waals surface area contributed by atoms with Gasteiger partial charge in [0.1, 0.15) is 0 Å². The number of nitrogens with zero attached hydrogens (tertiary/aromatic N) is 3. The molecule has 2 aliphatic rings. The zero-order valence-electron chi connectivity index (χ0n) is 14.2. The van der Waals surface area contributed by atoms with Gasteiger partial charge in [-0.3, -0.25) is 19.3 Å². The van der Waals surface area contributed by atoms with E-state index in [-0.39, 0.29) is 24.1 Å². The Bertz CT molecular complexity index is 908. The summed E-state index contributed by atoms with van der Waals surface area (Å²) in [5.74, 6) is -2.32. The number of anilines is 2. The van der Waals surface area contributed by atoms with Gasteiger partial charge in [0.25, 0.3) is 5.91 Å². The molecule has 0 N–H and O–H groups in total. The molecule has 2 atom stereocenters. The summed E-state index contributed by atoms with van der Waals surface area (Å²) in [7, 11) is 0. The van der Waals surface area contributed by atoms with E-state index >= 15 is 0 Å². The van der Waals surface area contributed by atoms with E-state index in [9.17, 15) is 14.4 Å². The lowest BCUT2D eigenvalue weighted by molar-refractivity contribution is -0.127. The van der Waals surface area contributed by atoms with E-state index in [0.717, 1.165) is 0 Å². The van der Waals surface area contributed by atoms with Crippen LogP contribution in [0.3, 0.4) is 0 Å². The lowest BCUT2D eigenvalue weighted by atomic mass is 9.87. The fourth-order valence-electron chi connectivity index (χ4n) is 3.56. The highest BCUT2D eigenvalue weighted by Crippen LogP contribution is 2.36. The van der Waals surface area contributed by atoms with E-state index in [1.165, 1.54) is 9.91 Å². The predicted octanol–water partition coefficient (Wildman–Crippen LogP) is 2.61. The van der Waals surface area contributed by atoms with Crippen LogP contribution in [0.5, 0.6) is 0 Å². The summed E-state index contributed by atoms with van der Waals surface area (Å²) in [5, 5.41) is 5.66. The molecule has 0 unspecified atom stereocenters. The molecule has 26 heavy (non-hydrogen) atoms. The summed E-state index contributed by atoms with van der Waals surface area (Å²) in [5.41, 5.74) is 1.74. The smallest absolute Gasteiger partial charge is 0.257 e. The highest BCUT2D eigenvalue weighted by molar-refractivity contribution is 6.25. The summed E-state index contributed by atoms with van der Waals surface area (Å²) < 4.78 is 0. The molecule has 130 valence electrons. The third-order valence-electron chi connectivity index (χ3n) is 4.78. The van der Waals surface area contributed by atoms with Crippen LogP contribution >= 0.6 is 0 Å². The Morgan fingerprint density at radius 2 is 1.42 bits per heavy atom. The van der Waals surface area contributed by atoms with Crippen molar-refractivity contribution in [2.45, 2.75) is 13.3 Å². The number of hydrazone groups is 1. The fraction of sp³-hybridized carbons (Fsp3) is 0.200. The van der Waals surface area contributed by atoms with Gasteiger partial charge in [0.05, 0.1) is 23.2 Å². The molecule has 6 heteroatoms. The van der Waals surface area contributed by atoms with E-state index in [1.54, 1.807) is 43.3 Å². The van der Waals surface area contributed by atoms with E-state index in [4.69, 9.17) is 0 Å². The Kier molecular flexibility index (Phi) is 3.88. The van der Waals surface area contributed by atoms with Crippen LogP contribution in [-0.2, 0) is 14.4 Å². The van der Waals surface area contributed by atoms with Crippen LogP contribution in [-0.4, -0.2) is 23.4 Å². The number of hydrogen-bond acceptors (Lipinski definition) is 4. The molecule has 4 rings (SSSR count). The summed E-state index contributed by atoms with van der Waals surface area (Å²) in [4.78, 5) is 39.5. The maximum absolute atomic E-state index is 12.9. The van der Waals surface area contributed by atoms with Gasteiger partial charge < -0.3 is 0 Å². The Morgan fingerprint density at radius 1 is 0.846 bits per heavy atom. The molecule has 0 aliphatic carbocycles. The van der Waals surface area contributed by atoms with Crippen molar-refractivity contribution in [1.82, 2.24) is 0 Å². The zero-order chi connectivity index (χ0) is 18.3. The zero-order valence-corrected chi connectivity index (χ0v) is 14.2. The maximum atomic E-state index is 12.9. The van der Waals surface area contributed by atoms with Crippen LogP contribution in [0, 0.1) is 11.8 Å². The quantitative estimate of drug-likeness (QED) is 0.802. The van der Waals surface area contributed by atoms with E-state index in [0.29, 0.717) is 17.1 Å². The number of carbonyl (C=O) groups is 3. The minimum atomic E-state index is -0.715. The molecule has 3 amide bonds. The average Bonchev–Trinajstić information content (AvgIpc) is 3.11. The molecule has 2 aromatic rings. The first-order valence-electron chi connectivity index (χ1n) is 8.44. The molecular formula is C20H17N3O3. The second kappa shape index (κ2) is 6.22. The fourth-order valence-corrected chi connectivity index (χ4v) is 3.56. The van der Waals surface area contributed by atoms with Crippen LogP contribution in [0.15, 0.2) is 65.8 Å². The van der Waals surface area contributed by atoms with E-state index in [1.807, 2.05) is 24.3 Å². The molecular weight excluding hydrogens is 330 g/mol. The highest BCUT2D eigenvalue weighted by atomic mass is 16.2. The Labute approximate surface area is 150 Å². The van der Waals surface area contributed by atoms with Crippen LogP contribution in [0.4, 0.5) is 11.4 Å². The van der Waals surface area contributed by atoms with Gasteiger partial charge in [0.15, 0.2) is 0 Å². The van der Waals surface area contributed by atoms with Gasteiger partial charge >= 0.3 is 0 Å². The summed E-state index contributed by atoms with van der Waals surface area (Å²) in [6, 6.07) is 17.9. The molecule has 1 fully saturated rings. The van der Waals surface area contributed by atoms with Crippen molar-refractivity contribution in [2.24, 2.45) is 16.9 Å². The molecule has 2 aromatic carbocycles. The maximum Gasteiger partial charge on any atom is 0.257 e. The van der Waals surface area contributed by atoms with Crippen LogP contribution in [0.25, 0.3) is 0 Å². The molecule has 0 spiro atoms. The number of carbonyl (C=O) groups excluding carboxylic acids is 3. The molecule has 2 heterocycles. The Balaban J connectivity index is 1.63. The first kappa shape index (κ1) is 16.2. The topological polar surface area (TPSA) is 70.1 Å². The number of para-hydroxylation sites is 2. The largest absolute Gasteiger partial charge is 0.274 e. The number of imide groups is 1. The third kappa shape index (κ3) is 2.50. The SMILES string of the molecule is CC1=NN(c2ccccc2)C(=O)[C@@H]1[C@H]1CC(=O)N(c2ccccc2)C1=O. The van der Waals surface area contributed by atoms with Crippen molar-refractivity contribution in [3.63, 3.8) is 0 Å². The van der Waals surface area contributed by atoms with Crippen LogP contribution in [0.2, 0.25) is 0 Å². The van der Waals surface area contributed by atoms with Crippen molar-refractivity contribution < 1.29 is 14.4 Å². The Hall–Kier alpha value is -3.28. The normalized spacial score (nSPS) is 23.0. The second-order valence-corrected chi connectivity index (χ2v) is 6.42. The van der Waals surface area contributed by atoms with Gasteiger partial charge in [-0.25, -0.2) is 5.01 Å². The van der Waals surface area contributed by atoms with E-state index in [2.05, 4.69) is 5.10 Å². The molecule has 0 aromatic heterocycles. The van der Waals surface area contributed by atoms with Gasteiger partial charge in [-0.15, -0.1) is 0 Å². The van der Waals surface area contributed by atoms with Gasteiger partial charge in [-0.2, -0.15) is 5.10 Å². The molecule has 0 bridgehead atoms. The lowest BCUT2D eigenvalue weighted by Gasteiger charge is -2.19. The minimum absolute atomic E-state index is 0.0135. The molecule has 6 nitrogen and oxygen atoms in total. The molecule has 0 radical (unpaired) electrons.